The van der Waals surface area contributed by atoms with Crippen molar-refractivity contribution >= 4 is 12.0 Å². The van der Waals surface area contributed by atoms with E-state index in [1.54, 1.807) is 4.90 Å². The number of amides is 2. The molecule has 1 N–H and O–H groups in total. The van der Waals surface area contributed by atoms with Crippen LogP contribution in [-0.4, -0.2) is 52.6 Å². The SMILES string of the molecule is CCCCN(CCCC)C(=O)N(CC(=O)O)C1CCCC1. The molecule has 0 unspecified atom stereocenters. The van der Waals surface area contributed by atoms with E-state index in [1.165, 1.54) is 0 Å². The van der Waals surface area contributed by atoms with E-state index >= 15 is 0 Å². The van der Waals surface area contributed by atoms with E-state index in [0.29, 0.717) is 0 Å². The molecule has 0 heterocycles. The molecule has 0 aromatic heterocycles. The zero-order valence-corrected chi connectivity index (χ0v) is 13.5. The molecule has 0 aromatic rings. The Morgan fingerprint density at radius 2 is 1.57 bits per heavy atom. The summed E-state index contributed by atoms with van der Waals surface area (Å²) in [7, 11) is 0. The number of carboxylic acid groups (broad SMARTS) is 1. The zero-order chi connectivity index (χ0) is 15.7. The summed E-state index contributed by atoms with van der Waals surface area (Å²) in [4.78, 5) is 27.3. The van der Waals surface area contributed by atoms with E-state index < -0.39 is 5.97 Å². The third kappa shape index (κ3) is 5.94. The van der Waals surface area contributed by atoms with Gasteiger partial charge in [-0.05, 0) is 25.7 Å². The van der Waals surface area contributed by atoms with Crippen LogP contribution >= 0.6 is 0 Å². The molecule has 0 saturated heterocycles. The highest BCUT2D eigenvalue weighted by molar-refractivity contribution is 5.80. The highest BCUT2D eigenvalue weighted by Crippen LogP contribution is 2.24. The third-order valence-electron chi connectivity index (χ3n) is 4.15. The van der Waals surface area contributed by atoms with Gasteiger partial charge in [-0.2, -0.15) is 0 Å². The lowest BCUT2D eigenvalue weighted by atomic mass is 10.2. The first kappa shape index (κ1) is 17.8. The molecule has 0 aromatic carbocycles. The van der Waals surface area contributed by atoms with Crippen LogP contribution in [-0.2, 0) is 4.79 Å². The van der Waals surface area contributed by atoms with Gasteiger partial charge in [0.1, 0.15) is 6.54 Å². The third-order valence-corrected chi connectivity index (χ3v) is 4.15. The molecule has 0 atom stereocenters. The Hall–Kier alpha value is -1.26. The van der Waals surface area contributed by atoms with Crippen LogP contribution in [0.1, 0.15) is 65.2 Å². The van der Waals surface area contributed by atoms with Gasteiger partial charge < -0.3 is 14.9 Å². The van der Waals surface area contributed by atoms with Gasteiger partial charge in [-0.1, -0.05) is 39.5 Å². The molecular formula is C16H30N2O3. The summed E-state index contributed by atoms with van der Waals surface area (Å²) in [5.41, 5.74) is 0. The summed E-state index contributed by atoms with van der Waals surface area (Å²) in [5, 5.41) is 9.11. The molecule has 1 fully saturated rings. The van der Waals surface area contributed by atoms with Gasteiger partial charge in [0.15, 0.2) is 0 Å². The Morgan fingerprint density at radius 3 is 2.00 bits per heavy atom. The predicted molar refractivity (Wildman–Crippen MR) is 83.4 cm³/mol. The molecule has 0 radical (unpaired) electrons. The average Bonchev–Trinajstić information content (AvgIpc) is 2.98. The van der Waals surface area contributed by atoms with Gasteiger partial charge >= 0.3 is 12.0 Å². The number of carbonyl (C=O) groups excluding carboxylic acids is 1. The lowest BCUT2D eigenvalue weighted by Gasteiger charge is -2.33. The van der Waals surface area contributed by atoms with Crippen molar-refractivity contribution in [3.05, 3.63) is 0 Å². The normalized spacial score (nSPS) is 15.1. The van der Waals surface area contributed by atoms with Crippen molar-refractivity contribution in [2.45, 2.75) is 71.3 Å². The number of unbranched alkanes of at least 4 members (excludes halogenated alkanes) is 2. The van der Waals surface area contributed by atoms with Crippen molar-refractivity contribution in [3.8, 4) is 0 Å². The molecule has 21 heavy (non-hydrogen) atoms. The van der Waals surface area contributed by atoms with Gasteiger partial charge in [-0.3, -0.25) is 4.79 Å². The Labute approximate surface area is 128 Å². The zero-order valence-electron chi connectivity index (χ0n) is 13.5. The minimum atomic E-state index is -0.916. The largest absolute Gasteiger partial charge is 0.480 e. The van der Waals surface area contributed by atoms with Crippen molar-refractivity contribution < 1.29 is 14.7 Å². The van der Waals surface area contributed by atoms with Crippen molar-refractivity contribution in [2.75, 3.05) is 19.6 Å². The number of urea groups is 1. The Morgan fingerprint density at radius 1 is 1.05 bits per heavy atom. The number of carbonyl (C=O) groups is 2. The number of nitrogens with zero attached hydrogens (tertiary/aromatic N) is 2. The second-order valence-corrected chi connectivity index (χ2v) is 5.94. The van der Waals surface area contributed by atoms with Crippen LogP contribution in [0.15, 0.2) is 0 Å². The van der Waals surface area contributed by atoms with Crippen LogP contribution in [0.4, 0.5) is 4.79 Å². The molecular weight excluding hydrogens is 268 g/mol. The van der Waals surface area contributed by atoms with Crippen LogP contribution < -0.4 is 0 Å². The maximum absolute atomic E-state index is 12.8. The molecule has 1 rings (SSSR count). The van der Waals surface area contributed by atoms with Gasteiger partial charge in [0, 0.05) is 19.1 Å². The first-order valence-electron chi connectivity index (χ1n) is 8.37. The lowest BCUT2D eigenvalue weighted by Crippen LogP contribution is -2.50. The number of aliphatic carboxylic acids is 1. The summed E-state index contributed by atoms with van der Waals surface area (Å²) < 4.78 is 0. The summed E-state index contributed by atoms with van der Waals surface area (Å²) in [6, 6.07) is 0.0329. The second-order valence-electron chi connectivity index (χ2n) is 5.94. The molecule has 2 amide bonds. The maximum Gasteiger partial charge on any atom is 0.323 e. The van der Waals surface area contributed by atoms with E-state index in [9.17, 15) is 9.59 Å². The molecule has 0 spiro atoms. The van der Waals surface area contributed by atoms with Crippen molar-refractivity contribution in [1.82, 2.24) is 9.80 Å². The fraction of sp³-hybridized carbons (Fsp3) is 0.875. The van der Waals surface area contributed by atoms with E-state index in [2.05, 4.69) is 13.8 Å². The molecule has 1 saturated carbocycles. The standard InChI is InChI=1S/C16H30N2O3/c1-3-5-11-17(12-6-4-2)16(21)18(13-15(19)20)14-9-7-8-10-14/h14H,3-13H2,1-2H3,(H,19,20). The lowest BCUT2D eigenvalue weighted by molar-refractivity contribution is -0.138. The molecule has 1 aliphatic rings. The summed E-state index contributed by atoms with van der Waals surface area (Å²) in [6.45, 7) is 5.51. The minimum absolute atomic E-state index is 0.0776. The number of hydrogen-bond donors (Lipinski definition) is 1. The second kappa shape index (κ2) is 9.64. The Kier molecular flexibility index (Phi) is 8.16. The molecule has 5 heteroatoms. The number of carboxylic acids is 1. The van der Waals surface area contributed by atoms with E-state index in [0.717, 1.165) is 64.5 Å². The van der Waals surface area contributed by atoms with Gasteiger partial charge in [-0.15, -0.1) is 0 Å². The topological polar surface area (TPSA) is 60.9 Å². The van der Waals surface area contributed by atoms with Gasteiger partial charge in [0.05, 0.1) is 0 Å². The summed E-state index contributed by atoms with van der Waals surface area (Å²) in [5.74, 6) is -0.916. The van der Waals surface area contributed by atoms with Crippen LogP contribution in [0.25, 0.3) is 0 Å². The quantitative estimate of drug-likeness (QED) is 0.710. The van der Waals surface area contributed by atoms with Crippen molar-refractivity contribution in [2.24, 2.45) is 0 Å². The monoisotopic (exact) mass is 298 g/mol. The molecule has 1 aliphatic carbocycles. The van der Waals surface area contributed by atoms with Crippen molar-refractivity contribution in [1.29, 1.82) is 0 Å². The minimum Gasteiger partial charge on any atom is -0.480 e. The smallest absolute Gasteiger partial charge is 0.323 e. The van der Waals surface area contributed by atoms with Crippen LogP contribution in [0.5, 0.6) is 0 Å². The summed E-state index contributed by atoms with van der Waals surface area (Å²) >= 11 is 0. The molecule has 0 bridgehead atoms. The van der Waals surface area contributed by atoms with Crippen LogP contribution in [0, 0.1) is 0 Å². The summed E-state index contributed by atoms with van der Waals surface area (Å²) in [6.07, 6.45) is 8.09. The Balaban J connectivity index is 2.74. The molecule has 122 valence electrons. The fourth-order valence-electron chi connectivity index (χ4n) is 2.90. The van der Waals surface area contributed by atoms with E-state index in [1.807, 2.05) is 4.90 Å². The highest BCUT2D eigenvalue weighted by Gasteiger charge is 2.30. The van der Waals surface area contributed by atoms with Gasteiger partial charge in [0.25, 0.3) is 0 Å². The Bertz CT molecular complexity index is 319. The molecule has 0 aliphatic heterocycles. The van der Waals surface area contributed by atoms with Crippen LogP contribution in [0.3, 0.4) is 0 Å². The van der Waals surface area contributed by atoms with Gasteiger partial charge in [0.2, 0.25) is 0 Å². The fourth-order valence-corrected chi connectivity index (χ4v) is 2.90. The average molecular weight is 298 g/mol. The number of rotatable bonds is 9. The first-order valence-corrected chi connectivity index (χ1v) is 8.37. The predicted octanol–water partition coefficient (Wildman–Crippen LogP) is 3.34. The van der Waals surface area contributed by atoms with Crippen molar-refractivity contribution in [3.63, 3.8) is 0 Å². The first-order chi connectivity index (χ1) is 10.1. The highest BCUT2D eigenvalue weighted by atomic mass is 16.4. The van der Waals surface area contributed by atoms with E-state index in [4.69, 9.17) is 5.11 Å². The van der Waals surface area contributed by atoms with E-state index in [-0.39, 0.29) is 18.6 Å². The molecule has 5 nitrogen and oxygen atoms in total. The number of hydrogen-bond acceptors (Lipinski definition) is 2. The van der Waals surface area contributed by atoms with Crippen LogP contribution in [0.2, 0.25) is 0 Å². The van der Waals surface area contributed by atoms with Gasteiger partial charge in [-0.25, -0.2) is 4.79 Å². The maximum atomic E-state index is 12.8.